The Bertz CT molecular complexity index is 870. The van der Waals surface area contributed by atoms with Crippen molar-refractivity contribution in [2.75, 3.05) is 20.3 Å². The summed E-state index contributed by atoms with van der Waals surface area (Å²) in [7, 11) is 1.69. The Balaban J connectivity index is 1.52. The summed E-state index contributed by atoms with van der Waals surface area (Å²) in [5.41, 5.74) is 4.93. The summed E-state index contributed by atoms with van der Waals surface area (Å²) >= 11 is 0. The molecule has 1 aliphatic rings. The Morgan fingerprint density at radius 3 is 2.65 bits per heavy atom. The van der Waals surface area contributed by atoms with E-state index in [1.807, 2.05) is 12.1 Å². The highest BCUT2D eigenvalue weighted by molar-refractivity contribution is 5.41. The van der Waals surface area contributed by atoms with Gasteiger partial charge in [-0.2, -0.15) is 0 Å². The Hall–Kier alpha value is -2.56. The third-order valence-corrected chi connectivity index (χ3v) is 4.93. The highest BCUT2D eigenvalue weighted by Gasteiger charge is 2.27. The minimum atomic E-state index is 0.00219. The van der Waals surface area contributed by atoms with E-state index in [4.69, 9.17) is 9.47 Å². The molecule has 0 radical (unpaired) electrons. The van der Waals surface area contributed by atoms with Crippen LogP contribution in [-0.2, 0) is 11.3 Å². The maximum atomic E-state index is 6.04. The first-order valence-corrected chi connectivity index (χ1v) is 8.97. The van der Waals surface area contributed by atoms with E-state index in [2.05, 4.69) is 71.2 Å². The largest absolute Gasteiger partial charge is 0.497 e. The number of para-hydroxylation sites is 1. The molecule has 26 heavy (non-hydrogen) atoms. The lowest BCUT2D eigenvalue weighted by atomic mass is 10.2. The van der Waals surface area contributed by atoms with Gasteiger partial charge >= 0.3 is 0 Å². The van der Waals surface area contributed by atoms with Crippen molar-refractivity contribution in [2.24, 2.45) is 0 Å². The van der Waals surface area contributed by atoms with Gasteiger partial charge in [-0.3, -0.25) is 4.90 Å². The first-order valence-electron chi connectivity index (χ1n) is 8.97. The summed E-state index contributed by atoms with van der Waals surface area (Å²) in [5, 5.41) is 0. The Morgan fingerprint density at radius 2 is 1.88 bits per heavy atom. The summed E-state index contributed by atoms with van der Waals surface area (Å²) in [5.74, 6) is 0.887. The molecule has 4 rings (SSSR count). The van der Waals surface area contributed by atoms with Gasteiger partial charge in [0.15, 0.2) is 0 Å². The van der Waals surface area contributed by atoms with Crippen LogP contribution in [0.5, 0.6) is 5.75 Å². The predicted octanol–water partition coefficient (Wildman–Crippen LogP) is 4.33. The zero-order valence-corrected chi connectivity index (χ0v) is 15.3. The third-order valence-electron chi connectivity index (χ3n) is 4.93. The summed E-state index contributed by atoms with van der Waals surface area (Å²) in [4.78, 5) is 2.37. The second-order valence-electron chi connectivity index (χ2n) is 6.68. The molecule has 0 bridgehead atoms. The average Bonchev–Trinajstić information content (AvgIpc) is 3.32. The van der Waals surface area contributed by atoms with E-state index >= 15 is 0 Å². The van der Waals surface area contributed by atoms with Gasteiger partial charge in [0.1, 0.15) is 12.0 Å². The molecular weight excluding hydrogens is 324 g/mol. The fourth-order valence-corrected chi connectivity index (χ4v) is 3.50. The molecule has 4 heteroatoms. The monoisotopic (exact) mass is 348 g/mol. The normalized spacial score (nSPS) is 17.5. The van der Waals surface area contributed by atoms with E-state index in [9.17, 15) is 0 Å². The van der Waals surface area contributed by atoms with E-state index in [1.165, 1.54) is 22.4 Å². The maximum absolute atomic E-state index is 6.04. The summed E-state index contributed by atoms with van der Waals surface area (Å²) < 4.78 is 13.5. The zero-order chi connectivity index (χ0) is 17.9. The van der Waals surface area contributed by atoms with Gasteiger partial charge < -0.3 is 14.0 Å². The van der Waals surface area contributed by atoms with Crippen molar-refractivity contribution in [1.82, 2.24) is 9.47 Å². The number of ether oxygens (including phenoxy) is 2. The molecular formula is C22H24N2O2. The van der Waals surface area contributed by atoms with E-state index in [0.717, 1.165) is 25.4 Å². The van der Waals surface area contributed by atoms with Crippen molar-refractivity contribution in [3.05, 3.63) is 83.7 Å². The van der Waals surface area contributed by atoms with Gasteiger partial charge in [-0.15, -0.1) is 0 Å². The van der Waals surface area contributed by atoms with Crippen LogP contribution >= 0.6 is 0 Å². The highest BCUT2D eigenvalue weighted by Crippen LogP contribution is 2.30. The van der Waals surface area contributed by atoms with Crippen molar-refractivity contribution < 1.29 is 9.47 Å². The number of hydrogen-bond acceptors (Lipinski definition) is 3. The predicted molar refractivity (Wildman–Crippen MR) is 103 cm³/mol. The lowest BCUT2D eigenvalue weighted by molar-refractivity contribution is 0.0288. The summed E-state index contributed by atoms with van der Waals surface area (Å²) in [6, 6.07) is 18.8. The van der Waals surface area contributed by atoms with Crippen LogP contribution in [0.3, 0.4) is 0 Å². The van der Waals surface area contributed by atoms with Gasteiger partial charge in [0.25, 0.3) is 0 Å². The van der Waals surface area contributed by atoms with Crippen LogP contribution in [0.1, 0.15) is 22.9 Å². The van der Waals surface area contributed by atoms with Crippen LogP contribution in [0.25, 0.3) is 5.69 Å². The van der Waals surface area contributed by atoms with Gasteiger partial charge in [-0.25, -0.2) is 0 Å². The van der Waals surface area contributed by atoms with Gasteiger partial charge in [-0.1, -0.05) is 30.3 Å². The molecule has 1 aromatic heterocycles. The van der Waals surface area contributed by atoms with Crippen molar-refractivity contribution in [3.63, 3.8) is 0 Å². The smallest absolute Gasteiger partial charge is 0.138 e. The molecule has 0 saturated carbocycles. The van der Waals surface area contributed by atoms with Crippen molar-refractivity contribution >= 4 is 0 Å². The minimum absolute atomic E-state index is 0.00219. The SMILES string of the molecule is COc1ccc(CN2CCO[C@H]2c2ccn(-c3ccccc3C)c2)cc1. The van der Waals surface area contributed by atoms with E-state index in [1.54, 1.807) is 7.11 Å². The lowest BCUT2D eigenvalue weighted by Crippen LogP contribution is -2.23. The molecule has 134 valence electrons. The van der Waals surface area contributed by atoms with Crippen LogP contribution < -0.4 is 4.74 Å². The molecule has 3 aromatic rings. The Labute approximate surface area is 154 Å². The first kappa shape index (κ1) is 16.9. The van der Waals surface area contributed by atoms with Crippen molar-refractivity contribution in [1.29, 1.82) is 0 Å². The Kier molecular flexibility index (Phi) is 4.78. The van der Waals surface area contributed by atoms with Crippen LogP contribution in [0.2, 0.25) is 0 Å². The van der Waals surface area contributed by atoms with Gasteiger partial charge in [0, 0.05) is 36.7 Å². The molecule has 0 spiro atoms. The second kappa shape index (κ2) is 7.36. The molecule has 1 fully saturated rings. The highest BCUT2D eigenvalue weighted by atomic mass is 16.5. The van der Waals surface area contributed by atoms with Crippen LogP contribution in [0, 0.1) is 6.92 Å². The van der Waals surface area contributed by atoms with Crippen molar-refractivity contribution in [2.45, 2.75) is 19.7 Å². The van der Waals surface area contributed by atoms with E-state index in [-0.39, 0.29) is 6.23 Å². The quantitative estimate of drug-likeness (QED) is 0.687. The molecule has 0 amide bonds. The van der Waals surface area contributed by atoms with Gasteiger partial charge in [0.2, 0.25) is 0 Å². The maximum Gasteiger partial charge on any atom is 0.138 e. The molecule has 0 unspecified atom stereocenters. The molecule has 1 atom stereocenters. The number of hydrogen-bond donors (Lipinski definition) is 0. The van der Waals surface area contributed by atoms with Crippen molar-refractivity contribution in [3.8, 4) is 11.4 Å². The molecule has 1 aliphatic heterocycles. The van der Waals surface area contributed by atoms with Crippen LogP contribution in [-0.4, -0.2) is 29.7 Å². The van der Waals surface area contributed by atoms with E-state index < -0.39 is 0 Å². The summed E-state index contributed by atoms with van der Waals surface area (Å²) in [6.07, 6.45) is 4.30. The molecule has 0 N–H and O–H groups in total. The van der Waals surface area contributed by atoms with Gasteiger partial charge in [0.05, 0.1) is 13.7 Å². The van der Waals surface area contributed by atoms with Crippen LogP contribution in [0.4, 0.5) is 0 Å². The number of methoxy groups -OCH3 is 1. The van der Waals surface area contributed by atoms with Gasteiger partial charge in [-0.05, 0) is 42.3 Å². The topological polar surface area (TPSA) is 26.6 Å². The standard InChI is InChI=1S/C22H24N2O2/c1-17-5-3-4-6-21(17)23-12-11-19(16-23)22-24(13-14-26-22)15-18-7-9-20(25-2)10-8-18/h3-12,16,22H,13-15H2,1-2H3/t22-/m0/s1. The lowest BCUT2D eigenvalue weighted by Gasteiger charge is -2.22. The fourth-order valence-electron chi connectivity index (χ4n) is 3.50. The minimum Gasteiger partial charge on any atom is -0.497 e. The van der Waals surface area contributed by atoms with Crippen LogP contribution in [0.15, 0.2) is 67.0 Å². The first-order chi connectivity index (χ1) is 12.7. The van der Waals surface area contributed by atoms with E-state index in [0.29, 0.717) is 0 Å². The fraction of sp³-hybridized carbons (Fsp3) is 0.273. The molecule has 2 heterocycles. The number of aromatic nitrogens is 1. The molecule has 1 saturated heterocycles. The zero-order valence-electron chi connectivity index (χ0n) is 15.3. The molecule has 2 aromatic carbocycles. The Morgan fingerprint density at radius 1 is 1.08 bits per heavy atom. The summed E-state index contributed by atoms with van der Waals surface area (Å²) in [6.45, 7) is 4.70. The average molecular weight is 348 g/mol. The third kappa shape index (κ3) is 3.39. The molecule has 0 aliphatic carbocycles. The number of rotatable bonds is 5. The molecule has 4 nitrogen and oxygen atoms in total. The second-order valence-corrected chi connectivity index (χ2v) is 6.68. The number of nitrogens with zero attached hydrogens (tertiary/aromatic N) is 2. The number of aryl methyl sites for hydroxylation is 1. The number of benzene rings is 2.